The Morgan fingerprint density at radius 1 is 1.17 bits per heavy atom. The zero-order chi connectivity index (χ0) is 16.0. The summed E-state index contributed by atoms with van der Waals surface area (Å²) in [5.74, 6) is 0.380. The van der Waals surface area contributed by atoms with Crippen LogP contribution >= 0.6 is 11.3 Å². The molecule has 4 nitrogen and oxygen atoms in total. The number of nitrogens with one attached hydrogen (secondary N) is 2. The van der Waals surface area contributed by atoms with Crippen LogP contribution in [0.3, 0.4) is 0 Å². The van der Waals surface area contributed by atoms with Gasteiger partial charge in [0.1, 0.15) is 0 Å². The topological polar surface area (TPSA) is 57.8 Å². The Morgan fingerprint density at radius 2 is 1.96 bits per heavy atom. The molecule has 0 spiro atoms. The van der Waals surface area contributed by atoms with E-state index in [1.54, 1.807) is 11.3 Å². The number of H-pyrrole nitrogens is 1. The summed E-state index contributed by atoms with van der Waals surface area (Å²) >= 11 is 1.64. The van der Waals surface area contributed by atoms with E-state index in [1.807, 2.05) is 17.5 Å². The van der Waals surface area contributed by atoms with Crippen LogP contribution in [0.2, 0.25) is 0 Å². The molecule has 0 radical (unpaired) electrons. The Bertz CT molecular complexity index is 847. The van der Waals surface area contributed by atoms with Crippen LogP contribution in [-0.4, -0.2) is 16.1 Å². The van der Waals surface area contributed by atoms with Gasteiger partial charge >= 0.3 is 0 Å². The molecule has 1 unspecified atom stereocenters. The van der Waals surface area contributed by atoms with Gasteiger partial charge in [0.15, 0.2) is 5.69 Å². The molecule has 2 N–H and O–H groups in total. The number of carbonyl (C=O) groups is 1. The minimum atomic E-state index is -0.144. The van der Waals surface area contributed by atoms with Crippen LogP contribution in [0.25, 0.3) is 10.6 Å². The Hall–Kier alpha value is -2.40. The van der Waals surface area contributed by atoms with Crippen molar-refractivity contribution in [2.75, 3.05) is 0 Å². The van der Waals surface area contributed by atoms with Crippen molar-refractivity contribution in [1.29, 1.82) is 0 Å². The van der Waals surface area contributed by atoms with Crippen molar-refractivity contribution in [1.82, 2.24) is 15.5 Å². The van der Waals surface area contributed by atoms with Crippen LogP contribution in [0.4, 0.5) is 0 Å². The molecule has 0 bridgehead atoms. The Kier molecular flexibility index (Phi) is 3.31. The van der Waals surface area contributed by atoms with Gasteiger partial charge in [-0.3, -0.25) is 9.89 Å². The van der Waals surface area contributed by atoms with E-state index in [0.717, 1.165) is 21.7 Å². The van der Waals surface area contributed by atoms with E-state index in [2.05, 4.69) is 53.6 Å². The van der Waals surface area contributed by atoms with E-state index in [4.69, 9.17) is 0 Å². The second-order valence-corrected chi connectivity index (χ2v) is 7.01. The Morgan fingerprint density at radius 3 is 2.61 bits per heavy atom. The van der Waals surface area contributed by atoms with E-state index < -0.39 is 0 Å². The molecule has 23 heavy (non-hydrogen) atoms. The predicted molar refractivity (Wildman–Crippen MR) is 91.7 cm³/mol. The predicted octanol–water partition coefficient (Wildman–Crippen LogP) is 4.09. The number of benzene rings is 1. The van der Waals surface area contributed by atoms with Crippen molar-refractivity contribution in [3.05, 3.63) is 64.2 Å². The number of rotatable bonds is 3. The lowest BCUT2D eigenvalue weighted by molar-refractivity contribution is 0.0955. The lowest BCUT2D eigenvalue weighted by atomic mass is 9.95. The number of aromatic nitrogens is 2. The highest BCUT2D eigenvalue weighted by atomic mass is 32.1. The van der Waals surface area contributed by atoms with Gasteiger partial charge in [-0.25, -0.2) is 0 Å². The minimum absolute atomic E-state index is 0.114. The number of hydrogen-bond acceptors (Lipinski definition) is 3. The van der Waals surface area contributed by atoms with Gasteiger partial charge < -0.3 is 5.32 Å². The molecular weight excluding hydrogens is 306 g/mol. The second-order valence-electron chi connectivity index (χ2n) is 6.07. The van der Waals surface area contributed by atoms with Crippen LogP contribution < -0.4 is 5.32 Å². The van der Waals surface area contributed by atoms with E-state index >= 15 is 0 Å². The summed E-state index contributed by atoms with van der Waals surface area (Å²) in [6, 6.07) is 12.4. The molecule has 4 rings (SSSR count). The average Bonchev–Trinajstić information content (AvgIpc) is 3.25. The quantitative estimate of drug-likeness (QED) is 0.762. The van der Waals surface area contributed by atoms with Gasteiger partial charge in [0.25, 0.3) is 5.91 Å². The van der Waals surface area contributed by atoms with Gasteiger partial charge in [-0.15, -0.1) is 11.3 Å². The van der Waals surface area contributed by atoms with Crippen molar-refractivity contribution in [3.63, 3.8) is 0 Å². The van der Waals surface area contributed by atoms with Crippen molar-refractivity contribution < 1.29 is 4.79 Å². The van der Waals surface area contributed by atoms with Gasteiger partial charge in [-0.05, 0) is 28.5 Å². The summed E-state index contributed by atoms with van der Waals surface area (Å²) in [4.78, 5) is 13.3. The molecule has 2 aromatic heterocycles. The summed E-state index contributed by atoms with van der Waals surface area (Å²) < 4.78 is 0. The molecule has 0 fully saturated rings. The summed E-state index contributed by atoms with van der Waals surface area (Å²) in [5, 5.41) is 12.3. The van der Waals surface area contributed by atoms with Gasteiger partial charge in [-0.1, -0.05) is 44.2 Å². The summed E-state index contributed by atoms with van der Waals surface area (Å²) in [7, 11) is 0. The lowest BCUT2D eigenvalue weighted by Gasteiger charge is -2.14. The molecule has 3 aromatic rings. The first-order valence-electron chi connectivity index (χ1n) is 7.68. The largest absolute Gasteiger partial charge is 0.340 e. The highest BCUT2D eigenvalue weighted by Crippen LogP contribution is 2.38. The van der Waals surface area contributed by atoms with Crippen LogP contribution in [0.15, 0.2) is 41.8 Å². The molecule has 1 amide bonds. The first-order chi connectivity index (χ1) is 11.1. The van der Waals surface area contributed by atoms with Gasteiger partial charge in [0.05, 0.1) is 16.6 Å². The van der Waals surface area contributed by atoms with E-state index in [-0.39, 0.29) is 11.9 Å². The fraction of sp³-hybridized carbons (Fsp3) is 0.222. The van der Waals surface area contributed by atoms with Crippen LogP contribution in [0.5, 0.6) is 0 Å². The molecule has 0 aliphatic carbocycles. The Labute approximate surface area is 138 Å². The van der Waals surface area contributed by atoms with Crippen LogP contribution in [0.1, 0.15) is 53.0 Å². The molecule has 0 saturated heterocycles. The summed E-state index contributed by atoms with van der Waals surface area (Å²) in [6.07, 6.45) is 0. The summed E-state index contributed by atoms with van der Waals surface area (Å²) in [6.45, 7) is 4.35. The number of amides is 1. The van der Waals surface area contributed by atoms with Crippen molar-refractivity contribution >= 4 is 17.2 Å². The van der Waals surface area contributed by atoms with Crippen molar-refractivity contribution in [2.24, 2.45) is 0 Å². The van der Waals surface area contributed by atoms with Crippen molar-refractivity contribution in [3.8, 4) is 10.6 Å². The zero-order valence-corrected chi connectivity index (χ0v) is 13.8. The Balaban J connectivity index is 1.79. The first kappa shape index (κ1) is 14.2. The van der Waals surface area contributed by atoms with Crippen LogP contribution in [0, 0.1) is 0 Å². The van der Waals surface area contributed by atoms with Gasteiger partial charge in [0.2, 0.25) is 0 Å². The standard InChI is InChI=1S/C18H17N3OS/c1-10(2)11-5-7-12(8-6-11)15-14-16(13-4-3-9-23-13)20-21-17(14)18(22)19-15/h3-10,15H,1-2H3,(H,19,22)(H,20,21). The van der Waals surface area contributed by atoms with Gasteiger partial charge in [-0.2, -0.15) is 5.10 Å². The van der Waals surface area contributed by atoms with Crippen molar-refractivity contribution in [2.45, 2.75) is 25.8 Å². The van der Waals surface area contributed by atoms with E-state index in [9.17, 15) is 4.79 Å². The molecule has 1 aromatic carbocycles. The fourth-order valence-corrected chi connectivity index (χ4v) is 3.74. The lowest BCUT2D eigenvalue weighted by Crippen LogP contribution is -2.21. The minimum Gasteiger partial charge on any atom is -0.340 e. The smallest absolute Gasteiger partial charge is 0.272 e. The van der Waals surface area contributed by atoms with E-state index in [1.165, 1.54) is 5.56 Å². The normalized spacial score (nSPS) is 16.7. The highest BCUT2D eigenvalue weighted by Gasteiger charge is 2.35. The molecule has 5 heteroatoms. The SMILES string of the molecule is CC(C)c1ccc(C2NC(=O)c3n[nH]c(-c4cccs4)c32)cc1. The molecule has 3 heterocycles. The molecular formula is C18H17N3OS. The van der Waals surface area contributed by atoms with Crippen LogP contribution in [-0.2, 0) is 0 Å². The monoisotopic (exact) mass is 323 g/mol. The number of hydrogen-bond donors (Lipinski definition) is 2. The molecule has 116 valence electrons. The number of carbonyl (C=O) groups excluding carboxylic acids is 1. The maximum atomic E-state index is 12.2. The number of fused-ring (bicyclic) bond motifs is 1. The maximum Gasteiger partial charge on any atom is 0.272 e. The number of nitrogens with zero attached hydrogens (tertiary/aromatic N) is 1. The molecule has 1 aliphatic heterocycles. The number of thiophene rings is 1. The zero-order valence-electron chi connectivity index (χ0n) is 13.0. The molecule has 1 atom stereocenters. The third-order valence-corrected chi connectivity index (χ3v) is 5.17. The third kappa shape index (κ3) is 2.28. The molecule has 1 aliphatic rings. The highest BCUT2D eigenvalue weighted by molar-refractivity contribution is 7.13. The molecule has 0 saturated carbocycles. The fourth-order valence-electron chi connectivity index (χ4n) is 3.01. The maximum absolute atomic E-state index is 12.2. The first-order valence-corrected chi connectivity index (χ1v) is 8.56. The second kappa shape index (κ2) is 5.35. The van der Waals surface area contributed by atoms with Gasteiger partial charge in [0, 0.05) is 5.56 Å². The summed E-state index contributed by atoms with van der Waals surface area (Å²) in [5.41, 5.74) is 4.78. The number of aromatic amines is 1. The third-order valence-electron chi connectivity index (χ3n) is 4.29. The average molecular weight is 323 g/mol. The van der Waals surface area contributed by atoms with E-state index in [0.29, 0.717) is 11.6 Å².